The van der Waals surface area contributed by atoms with Crippen molar-refractivity contribution in [2.75, 3.05) is 19.0 Å². The summed E-state index contributed by atoms with van der Waals surface area (Å²) < 4.78 is 6.96. The molecule has 0 spiro atoms. The third kappa shape index (κ3) is 1.63. The second kappa shape index (κ2) is 3.92. The van der Waals surface area contributed by atoms with E-state index in [4.69, 9.17) is 16.3 Å². The third-order valence-electron chi connectivity index (χ3n) is 2.79. The number of nitrogens with zero attached hydrogens (tertiary/aromatic N) is 3. The van der Waals surface area contributed by atoms with E-state index in [9.17, 15) is 0 Å². The number of hydrogen-bond acceptors (Lipinski definition) is 4. The SMILES string of the molecule is COc1cnc(-n2cc(Cl)cn2)c2c1CCN2. The summed E-state index contributed by atoms with van der Waals surface area (Å²) in [6, 6.07) is 0. The number of methoxy groups -OCH3 is 1. The van der Waals surface area contributed by atoms with Gasteiger partial charge in [-0.3, -0.25) is 0 Å². The Hall–Kier alpha value is -1.75. The average Bonchev–Trinajstić information content (AvgIpc) is 2.96. The molecule has 0 unspecified atom stereocenters. The molecule has 6 heteroatoms. The summed E-state index contributed by atoms with van der Waals surface area (Å²) in [5.41, 5.74) is 2.12. The molecule has 3 rings (SSSR count). The summed E-state index contributed by atoms with van der Waals surface area (Å²) in [5, 5.41) is 8.06. The van der Waals surface area contributed by atoms with E-state index in [1.54, 1.807) is 30.4 Å². The fourth-order valence-corrected chi connectivity index (χ4v) is 2.17. The molecule has 1 N–H and O–H groups in total. The highest BCUT2D eigenvalue weighted by molar-refractivity contribution is 6.30. The van der Waals surface area contributed by atoms with Gasteiger partial charge in [0.1, 0.15) is 5.75 Å². The van der Waals surface area contributed by atoms with Gasteiger partial charge in [-0.15, -0.1) is 0 Å². The normalized spacial score (nSPS) is 13.3. The maximum absolute atomic E-state index is 5.86. The number of aromatic nitrogens is 3. The van der Waals surface area contributed by atoms with E-state index in [1.807, 2.05) is 0 Å². The van der Waals surface area contributed by atoms with Crippen molar-refractivity contribution in [3.63, 3.8) is 0 Å². The fraction of sp³-hybridized carbons (Fsp3) is 0.273. The Balaban J connectivity index is 2.16. The van der Waals surface area contributed by atoms with E-state index in [-0.39, 0.29) is 0 Å². The minimum Gasteiger partial charge on any atom is -0.495 e. The summed E-state index contributed by atoms with van der Waals surface area (Å²) in [6.45, 7) is 0.888. The largest absolute Gasteiger partial charge is 0.495 e. The lowest BCUT2D eigenvalue weighted by molar-refractivity contribution is 0.409. The van der Waals surface area contributed by atoms with Gasteiger partial charge in [-0.2, -0.15) is 5.10 Å². The molecule has 0 aromatic carbocycles. The zero-order valence-corrected chi connectivity index (χ0v) is 10.0. The van der Waals surface area contributed by atoms with Crippen LogP contribution in [0.25, 0.3) is 5.82 Å². The lowest BCUT2D eigenvalue weighted by atomic mass is 10.2. The molecule has 0 bridgehead atoms. The maximum atomic E-state index is 5.86. The third-order valence-corrected chi connectivity index (χ3v) is 2.99. The minimum atomic E-state index is 0.592. The summed E-state index contributed by atoms with van der Waals surface area (Å²) in [4.78, 5) is 4.36. The Bertz CT molecular complexity index is 567. The van der Waals surface area contributed by atoms with E-state index in [0.29, 0.717) is 5.02 Å². The highest BCUT2D eigenvalue weighted by atomic mass is 35.5. The number of hydrogen-bond donors (Lipinski definition) is 1. The van der Waals surface area contributed by atoms with Crippen LogP contribution in [0, 0.1) is 0 Å². The molecule has 0 aliphatic carbocycles. The predicted octanol–water partition coefficient (Wildman–Crippen LogP) is 1.90. The van der Waals surface area contributed by atoms with Gasteiger partial charge in [0.25, 0.3) is 0 Å². The minimum absolute atomic E-state index is 0.592. The van der Waals surface area contributed by atoms with Gasteiger partial charge in [0.05, 0.1) is 36.4 Å². The molecule has 1 aliphatic heterocycles. The second-order valence-electron chi connectivity index (χ2n) is 3.78. The topological polar surface area (TPSA) is 52.0 Å². The van der Waals surface area contributed by atoms with E-state index in [1.165, 1.54) is 0 Å². The average molecular weight is 251 g/mol. The molecule has 0 atom stereocenters. The fourth-order valence-electron chi connectivity index (χ4n) is 2.03. The van der Waals surface area contributed by atoms with Crippen LogP contribution in [-0.4, -0.2) is 28.4 Å². The summed E-state index contributed by atoms with van der Waals surface area (Å²) in [5.74, 6) is 1.57. The van der Waals surface area contributed by atoms with Crippen LogP contribution in [0.1, 0.15) is 5.56 Å². The Morgan fingerprint density at radius 1 is 1.47 bits per heavy atom. The number of nitrogens with one attached hydrogen (secondary N) is 1. The van der Waals surface area contributed by atoms with Crippen molar-refractivity contribution in [2.24, 2.45) is 0 Å². The highest BCUT2D eigenvalue weighted by Crippen LogP contribution is 2.34. The van der Waals surface area contributed by atoms with Gasteiger partial charge in [0, 0.05) is 12.1 Å². The molecule has 0 amide bonds. The second-order valence-corrected chi connectivity index (χ2v) is 4.22. The van der Waals surface area contributed by atoms with Crippen molar-refractivity contribution in [3.05, 3.63) is 29.2 Å². The molecule has 2 aromatic rings. The van der Waals surface area contributed by atoms with Gasteiger partial charge in [-0.1, -0.05) is 11.6 Å². The lowest BCUT2D eigenvalue weighted by Gasteiger charge is -2.10. The Labute approximate surface area is 103 Å². The molecule has 1 aliphatic rings. The first-order valence-electron chi connectivity index (χ1n) is 5.30. The van der Waals surface area contributed by atoms with Crippen LogP contribution >= 0.6 is 11.6 Å². The molecule has 5 nitrogen and oxygen atoms in total. The molecule has 3 heterocycles. The van der Waals surface area contributed by atoms with Gasteiger partial charge in [-0.25, -0.2) is 9.67 Å². The van der Waals surface area contributed by atoms with Crippen LogP contribution in [0.5, 0.6) is 5.75 Å². The van der Waals surface area contributed by atoms with Crippen LogP contribution in [0.4, 0.5) is 5.69 Å². The smallest absolute Gasteiger partial charge is 0.177 e. The van der Waals surface area contributed by atoms with Crippen molar-refractivity contribution in [2.45, 2.75) is 6.42 Å². The van der Waals surface area contributed by atoms with Crippen LogP contribution in [0.2, 0.25) is 5.02 Å². The van der Waals surface area contributed by atoms with Gasteiger partial charge in [0.2, 0.25) is 0 Å². The molecular formula is C11H11ClN4O. The number of anilines is 1. The van der Waals surface area contributed by atoms with Crippen LogP contribution in [0.15, 0.2) is 18.6 Å². The standard InChI is InChI=1S/C11H11ClN4O/c1-17-9-5-14-11(10-8(9)2-3-13-10)16-6-7(12)4-15-16/h4-6,13H,2-3H2,1H3. The number of pyridine rings is 1. The molecule has 88 valence electrons. The van der Waals surface area contributed by atoms with Crippen molar-refractivity contribution in [1.29, 1.82) is 0 Å². The Kier molecular flexibility index (Phi) is 2.40. The first-order valence-corrected chi connectivity index (χ1v) is 5.67. The first-order chi connectivity index (χ1) is 8.29. The summed E-state index contributed by atoms with van der Waals surface area (Å²) in [7, 11) is 1.65. The van der Waals surface area contributed by atoms with Crippen LogP contribution in [0.3, 0.4) is 0 Å². The van der Waals surface area contributed by atoms with E-state index in [0.717, 1.165) is 35.8 Å². The highest BCUT2D eigenvalue weighted by Gasteiger charge is 2.21. The van der Waals surface area contributed by atoms with E-state index in [2.05, 4.69) is 15.4 Å². The molecule has 17 heavy (non-hydrogen) atoms. The zero-order chi connectivity index (χ0) is 11.8. The summed E-state index contributed by atoms with van der Waals surface area (Å²) >= 11 is 5.86. The molecule has 2 aromatic heterocycles. The number of fused-ring (bicyclic) bond motifs is 1. The van der Waals surface area contributed by atoms with Crippen molar-refractivity contribution < 1.29 is 4.74 Å². The van der Waals surface area contributed by atoms with Crippen molar-refractivity contribution in [3.8, 4) is 11.6 Å². The molecule has 0 saturated carbocycles. The quantitative estimate of drug-likeness (QED) is 0.885. The monoisotopic (exact) mass is 250 g/mol. The number of rotatable bonds is 2. The number of ether oxygens (including phenoxy) is 1. The predicted molar refractivity (Wildman–Crippen MR) is 65.1 cm³/mol. The lowest BCUT2D eigenvalue weighted by Crippen LogP contribution is -2.03. The molecular weight excluding hydrogens is 240 g/mol. The van der Waals surface area contributed by atoms with Crippen LogP contribution < -0.4 is 10.1 Å². The van der Waals surface area contributed by atoms with E-state index < -0.39 is 0 Å². The maximum Gasteiger partial charge on any atom is 0.177 e. The summed E-state index contributed by atoms with van der Waals surface area (Å²) in [6.07, 6.45) is 5.98. The Morgan fingerprint density at radius 2 is 2.35 bits per heavy atom. The van der Waals surface area contributed by atoms with Crippen LogP contribution in [-0.2, 0) is 6.42 Å². The van der Waals surface area contributed by atoms with Crippen molar-refractivity contribution in [1.82, 2.24) is 14.8 Å². The Morgan fingerprint density at radius 3 is 3.06 bits per heavy atom. The first kappa shape index (κ1) is 10.4. The molecule has 0 radical (unpaired) electrons. The molecule has 0 fully saturated rings. The van der Waals surface area contributed by atoms with Gasteiger partial charge < -0.3 is 10.1 Å². The zero-order valence-electron chi connectivity index (χ0n) is 9.27. The van der Waals surface area contributed by atoms with Gasteiger partial charge in [-0.05, 0) is 6.42 Å². The van der Waals surface area contributed by atoms with Gasteiger partial charge in [0.15, 0.2) is 5.82 Å². The van der Waals surface area contributed by atoms with Gasteiger partial charge >= 0.3 is 0 Å². The van der Waals surface area contributed by atoms with Crippen molar-refractivity contribution >= 4 is 17.3 Å². The van der Waals surface area contributed by atoms with E-state index >= 15 is 0 Å². The number of halogens is 1. The molecule has 0 saturated heterocycles.